The van der Waals surface area contributed by atoms with E-state index >= 15 is 0 Å². The molecule has 0 saturated carbocycles. The number of para-hydroxylation sites is 1. The molecule has 0 atom stereocenters. The van der Waals surface area contributed by atoms with Crippen molar-refractivity contribution in [3.8, 4) is 5.69 Å². The van der Waals surface area contributed by atoms with Crippen molar-refractivity contribution in [2.24, 2.45) is 0 Å². The van der Waals surface area contributed by atoms with E-state index < -0.39 is 0 Å². The van der Waals surface area contributed by atoms with E-state index in [0.717, 1.165) is 16.4 Å². The van der Waals surface area contributed by atoms with Gasteiger partial charge in [-0.05, 0) is 19.1 Å². The van der Waals surface area contributed by atoms with Crippen molar-refractivity contribution in [3.63, 3.8) is 0 Å². The molecule has 2 heterocycles. The molecular weight excluding hydrogens is 298 g/mol. The van der Waals surface area contributed by atoms with Gasteiger partial charge in [0.25, 0.3) is 5.91 Å². The average molecular weight is 313 g/mol. The van der Waals surface area contributed by atoms with Crippen LogP contribution in [0.3, 0.4) is 0 Å². The maximum Gasteiger partial charge on any atom is 0.273 e. The summed E-state index contributed by atoms with van der Waals surface area (Å²) in [5.74, 6) is -0.228. The normalized spacial score (nSPS) is 10.6. The molecule has 1 aromatic carbocycles. The molecule has 1 amide bonds. The summed E-state index contributed by atoms with van der Waals surface area (Å²) >= 11 is 1.61. The number of carbonyl (C=O) groups excluding carboxylic acids is 1. The molecule has 6 nitrogen and oxygen atoms in total. The lowest BCUT2D eigenvalue weighted by Crippen LogP contribution is -2.26. The Morgan fingerprint density at radius 1 is 1.32 bits per heavy atom. The second kappa shape index (κ2) is 6.48. The van der Waals surface area contributed by atoms with Gasteiger partial charge in [0.05, 0.1) is 22.6 Å². The smallest absolute Gasteiger partial charge is 0.273 e. The molecule has 0 radical (unpaired) electrons. The molecule has 3 aromatic rings. The highest BCUT2D eigenvalue weighted by molar-refractivity contribution is 7.09. The van der Waals surface area contributed by atoms with Crippen LogP contribution in [0.1, 0.15) is 21.2 Å². The molecule has 2 aromatic heterocycles. The third-order valence-electron chi connectivity index (χ3n) is 3.08. The zero-order chi connectivity index (χ0) is 15.4. The van der Waals surface area contributed by atoms with Crippen LogP contribution < -0.4 is 5.32 Å². The van der Waals surface area contributed by atoms with Gasteiger partial charge in [0, 0.05) is 18.3 Å². The molecule has 0 aliphatic rings. The minimum absolute atomic E-state index is 0.228. The summed E-state index contributed by atoms with van der Waals surface area (Å²) < 4.78 is 1.58. The Labute approximate surface area is 131 Å². The van der Waals surface area contributed by atoms with Crippen molar-refractivity contribution in [3.05, 3.63) is 58.3 Å². The number of thiazole rings is 1. The number of aromatic nitrogens is 4. The molecule has 0 aliphatic heterocycles. The quantitative estimate of drug-likeness (QED) is 0.782. The molecular formula is C15H15N5OS. The van der Waals surface area contributed by atoms with Gasteiger partial charge in [0.15, 0.2) is 5.69 Å². The Balaban J connectivity index is 1.58. The highest BCUT2D eigenvalue weighted by atomic mass is 32.1. The Bertz CT molecular complexity index is 765. The fourth-order valence-electron chi connectivity index (χ4n) is 1.99. The summed E-state index contributed by atoms with van der Waals surface area (Å²) in [5, 5.41) is 13.8. The topological polar surface area (TPSA) is 72.7 Å². The lowest BCUT2D eigenvalue weighted by Gasteiger charge is -2.00. The van der Waals surface area contributed by atoms with Crippen LogP contribution in [0.5, 0.6) is 0 Å². The largest absolute Gasteiger partial charge is 0.350 e. The van der Waals surface area contributed by atoms with E-state index in [0.29, 0.717) is 18.7 Å². The maximum atomic E-state index is 12.0. The molecule has 0 aliphatic carbocycles. The molecule has 0 fully saturated rings. The lowest BCUT2D eigenvalue weighted by atomic mass is 10.3. The molecule has 0 bridgehead atoms. The van der Waals surface area contributed by atoms with E-state index in [-0.39, 0.29) is 5.91 Å². The summed E-state index contributed by atoms with van der Waals surface area (Å²) in [5.41, 5.74) is 2.17. The predicted octanol–water partition coefficient (Wildman–Crippen LogP) is 2.00. The second-order valence-corrected chi connectivity index (χ2v) is 5.81. The first kappa shape index (κ1) is 14.4. The lowest BCUT2D eigenvalue weighted by molar-refractivity contribution is 0.0949. The number of hydrogen-bond donors (Lipinski definition) is 1. The zero-order valence-electron chi connectivity index (χ0n) is 12.1. The molecule has 0 unspecified atom stereocenters. The Hall–Kier alpha value is -2.54. The second-order valence-electron chi connectivity index (χ2n) is 4.75. The number of carbonyl (C=O) groups is 1. The van der Waals surface area contributed by atoms with Crippen LogP contribution in [-0.4, -0.2) is 32.4 Å². The fourth-order valence-corrected chi connectivity index (χ4v) is 2.64. The highest BCUT2D eigenvalue weighted by Crippen LogP contribution is 2.08. The van der Waals surface area contributed by atoms with Gasteiger partial charge in [-0.1, -0.05) is 23.4 Å². The van der Waals surface area contributed by atoms with Crippen molar-refractivity contribution in [1.29, 1.82) is 0 Å². The van der Waals surface area contributed by atoms with Gasteiger partial charge >= 0.3 is 0 Å². The van der Waals surface area contributed by atoms with E-state index in [4.69, 9.17) is 0 Å². The molecule has 0 saturated heterocycles. The number of hydrogen-bond acceptors (Lipinski definition) is 5. The van der Waals surface area contributed by atoms with E-state index in [1.807, 2.05) is 42.6 Å². The maximum absolute atomic E-state index is 12.0. The fraction of sp³-hybridized carbons (Fsp3) is 0.200. The Morgan fingerprint density at radius 2 is 2.14 bits per heavy atom. The van der Waals surface area contributed by atoms with Crippen LogP contribution in [0.15, 0.2) is 41.9 Å². The standard InChI is InChI=1S/C15H15N5OS/c1-11-17-12(10-22-11)7-8-16-15(21)14-9-20(19-18-14)13-5-3-2-4-6-13/h2-6,9-10H,7-8H2,1H3,(H,16,21). The van der Waals surface area contributed by atoms with Gasteiger partial charge in [-0.3, -0.25) is 4.79 Å². The van der Waals surface area contributed by atoms with E-state index in [9.17, 15) is 4.79 Å². The average Bonchev–Trinajstić information content (AvgIpc) is 3.17. The number of benzene rings is 1. The number of amides is 1. The minimum atomic E-state index is -0.228. The SMILES string of the molecule is Cc1nc(CCNC(=O)c2cn(-c3ccccc3)nn2)cs1. The van der Waals surface area contributed by atoms with Crippen molar-refractivity contribution in [1.82, 2.24) is 25.3 Å². The summed E-state index contributed by atoms with van der Waals surface area (Å²) in [4.78, 5) is 16.4. The summed E-state index contributed by atoms with van der Waals surface area (Å²) in [7, 11) is 0. The number of nitrogens with zero attached hydrogens (tertiary/aromatic N) is 4. The van der Waals surface area contributed by atoms with E-state index in [1.165, 1.54) is 0 Å². The molecule has 0 spiro atoms. The first-order valence-electron chi connectivity index (χ1n) is 6.89. The van der Waals surface area contributed by atoms with Crippen LogP contribution in [-0.2, 0) is 6.42 Å². The molecule has 3 rings (SSSR count). The van der Waals surface area contributed by atoms with Gasteiger partial charge in [-0.25, -0.2) is 9.67 Å². The van der Waals surface area contributed by atoms with Gasteiger partial charge in [0.1, 0.15) is 0 Å². The predicted molar refractivity (Wildman–Crippen MR) is 84.2 cm³/mol. The summed E-state index contributed by atoms with van der Waals surface area (Å²) in [6, 6.07) is 9.55. The highest BCUT2D eigenvalue weighted by Gasteiger charge is 2.11. The number of nitrogens with one attached hydrogen (secondary N) is 1. The van der Waals surface area contributed by atoms with Gasteiger partial charge in [-0.2, -0.15) is 0 Å². The van der Waals surface area contributed by atoms with Crippen LogP contribution in [0.25, 0.3) is 5.69 Å². The summed E-state index contributed by atoms with van der Waals surface area (Å²) in [6.07, 6.45) is 2.33. The first-order chi connectivity index (χ1) is 10.7. The van der Waals surface area contributed by atoms with Gasteiger partial charge in [0.2, 0.25) is 0 Å². The molecule has 7 heteroatoms. The van der Waals surface area contributed by atoms with Crippen molar-refractivity contribution in [2.45, 2.75) is 13.3 Å². The first-order valence-corrected chi connectivity index (χ1v) is 7.77. The number of aryl methyl sites for hydroxylation is 1. The van der Waals surface area contributed by atoms with Gasteiger partial charge < -0.3 is 5.32 Å². The van der Waals surface area contributed by atoms with Crippen LogP contribution in [0.2, 0.25) is 0 Å². The van der Waals surface area contributed by atoms with Crippen molar-refractivity contribution >= 4 is 17.2 Å². The third-order valence-corrected chi connectivity index (χ3v) is 3.90. The molecule has 22 heavy (non-hydrogen) atoms. The van der Waals surface area contributed by atoms with Crippen LogP contribution >= 0.6 is 11.3 Å². The van der Waals surface area contributed by atoms with Gasteiger partial charge in [-0.15, -0.1) is 16.4 Å². The molecule has 112 valence electrons. The zero-order valence-corrected chi connectivity index (χ0v) is 12.9. The third kappa shape index (κ3) is 3.37. The molecule has 1 N–H and O–H groups in total. The van der Waals surface area contributed by atoms with E-state index in [1.54, 1.807) is 22.2 Å². The van der Waals surface area contributed by atoms with Crippen LogP contribution in [0.4, 0.5) is 0 Å². The van der Waals surface area contributed by atoms with Crippen molar-refractivity contribution < 1.29 is 4.79 Å². The monoisotopic (exact) mass is 313 g/mol. The Morgan fingerprint density at radius 3 is 2.86 bits per heavy atom. The van der Waals surface area contributed by atoms with E-state index in [2.05, 4.69) is 20.6 Å². The van der Waals surface area contributed by atoms with Crippen molar-refractivity contribution in [2.75, 3.05) is 6.54 Å². The number of rotatable bonds is 5. The minimum Gasteiger partial charge on any atom is -0.350 e. The summed E-state index contributed by atoms with van der Waals surface area (Å²) in [6.45, 7) is 2.49. The Kier molecular flexibility index (Phi) is 4.24. The van der Waals surface area contributed by atoms with Crippen LogP contribution in [0, 0.1) is 6.92 Å².